The van der Waals surface area contributed by atoms with Gasteiger partial charge in [0.2, 0.25) is 5.95 Å². The van der Waals surface area contributed by atoms with Crippen molar-refractivity contribution < 1.29 is 4.74 Å². The molecule has 0 bridgehead atoms. The Bertz CT molecular complexity index is 1090. The van der Waals surface area contributed by atoms with E-state index < -0.39 is 0 Å². The van der Waals surface area contributed by atoms with Crippen LogP contribution in [0.2, 0.25) is 0 Å². The van der Waals surface area contributed by atoms with Crippen LogP contribution in [0.1, 0.15) is 29.3 Å². The van der Waals surface area contributed by atoms with Crippen LogP contribution in [-0.4, -0.2) is 28.2 Å². The molecule has 30 heavy (non-hydrogen) atoms. The Hall–Kier alpha value is -3.12. The molecule has 0 aliphatic carbocycles. The molecular formula is C24H28N4O2. The molecule has 0 saturated carbocycles. The molecule has 156 valence electrons. The van der Waals surface area contributed by atoms with Crippen LogP contribution < -0.4 is 15.2 Å². The first kappa shape index (κ1) is 20.2. The van der Waals surface area contributed by atoms with E-state index in [2.05, 4.69) is 53.1 Å². The van der Waals surface area contributed by atoms with Gasteiger partial charge in [-0.3, -0.25) is 19.2 Å². The molecule has 3 aromatic rings. The predicted octanol–water partition coefficient (Wildman–Crippen LogP) is 4.00. The number of methoxy groups -OCH3 is 1. The van der Waals surface area contributed by atoms with Gasteiger partial charge in [0.05, 0.1) is 20.4 Å². The first-order chi connectivity index (χ1) is 14.5. The van der Waals surface area contributed by atoms with Crippen LogP contribution in [0, 0.1) is 13.8 Å². The summed E-state index contributed by atoms with van der Waals surface area (Å²) in [6.45, 7) is 7.92. The lowest BCUT2D eigenvalue weighted by molar-refractivity contribution is 0.189. The molecule has 0 spiro atoms. The fraction of sp³-hybridized carbons (Fsp3) is 0.333. The second kappa shape index (κ2) is 8.32. The standard InChI is InChI=1S/C24H28N4O2/c1-5-22-18(3)25-24-27(20-10-6-17(2)7-11-20)15-26(16-28(24)23(22)29)14-19-8-12-21(30-4)13-9-19/h6-13H,5,14-16H2,1-4H3. The average Bonchev–Trinajstić information content (AvgIpc) is 2.75. The highest BCUT2D eigenvalue weighted by Crippen LogP contribution is 2.28. The Labute approximate surface area is 177 Å². The number of anilines is 2. The van der Waals surface area contributed by atoms with E-state index in [4.69, 9.17) is 9.72 Å². The van der Waals surface area contributed by atoms with Crippen molar-refractivity contribution in [2.75, 3.05) is 18.7 Å². The van der Waals surface area contributed by atoms with Crippen molar-refractivity contribution in [2.45, 2.75) is 40.4 Å². The molecule has 0 unspecified atom stereocenters. The third-order valence-corrected chi connectivity index (χ3v) is 5.64. The van der Waals surface area contributed by atoms with Crippen LogP contribution in [0.5, 0.6) is 5.75 Å². The van der Waals surface area contributed by atoms with Gasteiger partial charge >= 0.3 is 0 Å². The number of aromatic nitrogens is 2. The number of fused-ring (bicyclic) bond motifs is 1. The number of aryl methyl sites for hydroxylation is 2. The second-order valence-corrected chi connectivity index (χ2v) is 7.79. The monoisotopic (exact) mass is 404 g/mol. The zero-order valence-corrected chi connectivity index (χ0v) is 18.1. The molecule has 6 nitrogen and oxygen atoms in total. The van der Waals surface area contributed by atoms with Crippen LogP contribution in [0.25, 0.3) is 0 Å². The largest absolute Gasteiger partial charge is 0.497 e. The quantitative estimate of drug-likeness (QED) is 0.643. The van der Waals surface area contributed by atoms with Crippen molar-refractivity contribution in [3.05, 3.63) is 81.3 Å². The van der Waals surface area contributed by atoms with Crippen LogP contribution >= 0.6 is 0 Å². The van der Waals surface area contributed by atoms with Crippen molar-refractivity contribution in [1.29, 1.82) is 0 Å². The van der Waals surface area contributed by atoms with Gasteiger partial charge in [-0.15, -0.1) is 0 Å². The Balaban J connectivity index is 1.74. The van der Waals surface area contributed by atoms with Crippen molar-refractivity contribution in [2.24, 2.45) is 0 Å². The van der Waals surface area contributed by atoms with Crippen LogP contribution in [0.3, 0.4) is 0 Å². The van der Waals surface area contributed by atoms with E-state index in [1.54, 1.807) is 11.7 Å². The molecule has 2 aromatic carbocycles. The summed E-state index contributed by atoms with van der Waals surface area (Å²) in [6.07, 6.45) is 0.682. The maximum Gasteiger partial charge on any atom is 0.259 e. The topological polar surface area (TPSA) is 50.6 Å². The highest BCUT2D eigenvalue weighted by Gasteiger charge is 2.27. The van der Waals surface area contributed by atoms with Crippen molar-refractivity contribution >= 4 is 11.6 Å². The van der Waals surface area contributed by atoms with Crippen molar-refractivity contribution in [1.82, 2.24) is 14.5 Å². The van der Waals surface area contributed by atoms with Crippen molar-refractivity contribution in [3.8, 4) is 5.75 Å². The second-order valence-electron chi connectivity index (χ2n) is 7.79. The number of ether oxygens (including phenoxy) is 1. The molecule has 0 atom stereocenters. The minimum absolute atomic E-state index is 0.0524. The van der Waals surface area contributed by atoms with Crippen molar-refractivity contribution in [3.63, 3.8) is 0 Å². The van der Waals surface area contributed by atoms with Gasteiger partial charge < -0.3 is 4.74 Å². The Kier molecular flexibility index (Phi) is 5.59. The molecule has 2 heterocycles. The van der Waals surface area contributed by atoms with Gasteiger partial charge in [0.25, 0.3) is 5.56 Å². The van der Waals surface area contributed by atoms with Gasteiger partial charge in [0.1, 0.15) is 5.75 Å². The molecule has 0 amide bonds. The highest BCUT2D eigenvalue weighted by molar-refractivity contribution is 5.58. The van der Waals surface area contributed by atoms with Gasteiger partial charge in [0, 0.05) is 23.5 Å². The van der Waals surface area contributed by atoms with Gasteiger partial charge in [-0.1, -0.05) is 36.8 Å². The molecule has 0 N–H and O–H groups in total. The van der Waals surface area contributed by atoms with Gasteiger partial charge in [0.15, 0.2) is 0 Å². The van der Waals surface area contributed by atoms with E-state index in [0.29, 0.717) is 25.7 Å². The number of nitrogens with zero attached hydrogens (tertiary/aromatic N) is 4. The zero-order valence-electron chi connectivity index (χ0n) is 18.1. The Morgan fingerprint density at radius 1 is 1.00 bits per heavy atom. The van der Waals surface area contributed by atoms with Crippen LogP contribution in [-0.2, 0) is 19.6 Å². The molecule has 1 aliphatic rings. The average molecular weight is 405 g/mol. The molecule has 4 rings (SSSR count). The van der Waals surface area contributed by atoms with E-state index in [9.17, 15) is 4.79 Å². The lowest BCUT2D eigenvalue weighted by Gasteiger charge is -2.38. The van der Waals surface area contributed by atoms with E-state index >= 15 is 0 Å². The molecule has 0 fully saturated rings. The summed E-state index contributed by atoms with van der Waals surface area (Å²) in [6, 6.07) is 16.4. The maximum absolute atomic E-state index is 13.2. The molecule has 1 aromatic heterocycles. The molecule has 6 heteroatoms. The summed E-state index contributed by atoms with van der Waals surface area (Å²) in [5.41, 5.74) is 5.06. The summed E-state index contributed by atoms with van der Waals surface area (Å²) >= 11 is 0. The van der Waals surface area contributed by atoms with E-state index in [1.165, 1.54) is 11.1 Å². The minimum Gasteiger partial charge on any atom is -0.497 e. The third kappa shape index (κ3) is 3.83. The molecule has 0 saturated heterocycles. The van der Waals surface area contributed by atoms with Crippen LogP contribution in [0.15, 0.2) is 53.3 Å². The van der Waals surface area contributed by atoms with E-state index in [1.807, 2.05) is 26.0 Å². The van der Waals surface area contributed by atoms with Gasteiger partial charge in [-0.25, -0.2) is 4.98 Å². The fourth-order valence-corrected chi connectivity index (χ4v) is 3.95. The van der Waals surface area contributed by atoms with Gasteiger partial charge in [-0.2, -0.15) is 0 Å². The Morgan fingerprint density at radius 2 is 1.70 bits per heavy atom. The summed E-state index contributed by atoms with van der Waals surface area (Å²) in [7, 11) is 1.67. The smallest absolute Gasteiger partial charge is 0.259 e. The maximum atomic E-state index is 13.2. The summed E-state index contributed by atoms with van der Waals surface area (Å²) in [4.78, 5) is 22.4. The van der Waals surface area contributed by atoms with Gasteiger partial charge in [-0.05, 0) is 50.1 Å². The fourth-order valence-electron chi connectivity index (χ4n) is 3.95. The van der Waals surface area contributed by atoms with E-state index in [0.717, 1.165) is 29.2 Å². The number of benzene rings is 2. The molecule has 0 radical (unpaired) electrons. The normalized spacial score (nSPS) is 13.9. The molecular weight excluding hydrogens is 376 g/mol. The summed E-state index contributed by atoms with van der Waals surface area (Å²) in [5.74, 6) is 1.55. The molecule has 1 aliphatic heterocycles. The number of hydrogen-bond donors (Lipinski definition) is 0. The third-order valence-electron chi connectivity index (χ3n) is 5.64. The van der Waals surface area contributed by atoms with E-state index in [-0.39, 0.29) is 5.56 Å². The number of rotatable bonds is 5. The lowest BCUT2D eigenvalue weighted by atomic mass is 10.1. The SMILES string of the molecule is CCc1c(C)nc2n(c1=O)CN(Cc1ccc(OC)cc1)CN2c1ccc(C)cc1. The van der Waals surface area contributed by atoms with Crippen LogP contribution in [0.4, 0.5) is 11.6 Å². The lowest BCUT2D eigenvalue weighted by Crippen LogP contribution is -2.47. The summed E-state index contributed by atoms with van der Waals surface area (Å²) < 4.78 is 7.07. The Morgan fingerprint density at radius 3 is 2.33 bits per heavy atom. The first-order valence-corrected chi connectivity index (χ1v) is 10.3. The highest BCUT2D eigenvalue weighted by atomic mass is 16.5. The predicted molar refractivity (Wildman–Crippen MR) is 119 cm³/mol. The minimum atomic E-state index is 0.0524. The zero-order chi connectivity index (χ0) is 21.3. The summed E-state index contributed by atoms with van der Waals surface area (Å²) in [5, 5.41) is 0. The first-order valence-electron chi connectivity index (χ1n) is 10.3. The number of hydrogen-bond acceptors (Lipinski definition) is 5.